The molecular weight excluding hydrogens is 401 g/mol. The molecule has 0 spiro atoms. The Morgan fingerprint density at radius 2 is 1.96 bits per heavy atom. The van der Waals surface area contributed by atoms with Gasteiger partial charge in [0.05, 0.1) is 17.8 Å². The van der Waals surface area contributed by atoms with Gasteiger partial charge in [-0.25, -0.2) is 9.18 Å². The predicted octanol–water partition coefficient (Wildman–Crippen LogP) is 4.22. The smallest absolute Gasteiger partial charge is 0.333 e. The van der Waals surface area contributed by atoms with Crippen molar-refractivity contribution in [2.24, 2.45) is 0 Å². The highest BCUT2D eigenvalue weighted by molar-refractivity contribution is 9.10. The lowest BCUT2D eigenvalue weighted by Crippen LogP contribution is -2.37. The first-order valence-electron chi connectivity index (χ1n) is 8.04. The Bertz CT molecular complexity index is 939. The Kier molecular flexibility index (Phi) is 4.96. The summed E-state index contributed by atoms with van der Waals surface area (Å²) < 4.78 is 13.9. The highest BCUT2D eigenvalue weighted by Crippen LogP contribution is 2.33. The van der Waals surface area contributed by atoms with E-state index in [0.29, 0.717) is 22.4 Å². The molecule has 0 saturated carbocycles. The number of carbonyl (C=O) groups is 2. The normalized spacial score (nSPS) is 16.8. The second-order valence-electron chi connectivity index (χ2n) is 6.34. The first-order valence-corrected chi connectivity index (χ1v) is 8.95. The van der Waals surface area contributed by atoms with Gasteiger partial charge in [-0.1, -0.05) is 40.2 Å². The van der Waals surface area contributed by atoms with E-state index in [4.69, 9.17) is 0 Å². The summed E-state index contributed by atoms with van der Waals surface area (Å²) in [6, 6.07) is 10.3. The van der Waals surface area contributed by atoms with Crippen LogP contribution in [0.4, 0.5) is 10.1 Å². The fraction of sp³-hybridized carbons (Fsp3) is 0.200. The van der Waals surface area contributed by atoms with Crippen molar-refractivity contribution in [2.75, 3.05) is 4.90 Å². The largest absolute Gasteiger partial charge is 0.478 e. The van der Waals surface area contributed by atoms with Gasteiger partial charge in [0, 0.05) is 0 Å². The van der Waals surface area contributed by atoms with Crippen molar-refractivity contribution in [3.8, 4) is 0 Å². The Hall–Kier alpha value is -2.47. The van der Waals surface area contributed by atoms with E-state index < -0.39 is 16.7 Å². The van der Waals surface area contributed by atoms with E-state index in [-0.39, 0.29) is 17.9 Å². The van der Waals surface area contributed by atoms with Crippen molar-refractivity contribution in [1.29, 1.82) is 0 Å². The van der Waals surface area contributed by atoms with Crippen LogP contribution in [-0.2, 0) is 16.1 Å². The van der Waals surface area contributed by atoms with Crippen molar-refractivity contribution >= 4 is 39.6 Å². The van der Waals surface area contributed by atoms with Crippen LogP contribution < -0.4 is 4.90 Å². The average molecular weight is 418 g/mol. The molecule has 134 valence electrons. The summed E-state index contributed by atoms with van der Waals surface area (Å²) in [7, 11) is 0. The number of amides is 1. The molecule has 2 aromatic rings. The Labute approximate surface area is 159 Å². The van der Waals surface area contributed by atoms with E-state index in [1.807, 2.05) is 19.1 Å². The number of hydrogen-bond donors (Lipinski definition) is 1. The van der Waals surface area contributed by atoms with Gasteiger partial charge in [-0.3, -0.25) is 4.79 Å². The molecule has 6 heteroatoms. The molecule has 26 heavy (non-hydrogen) atoms. The first kappa shape index (κ1) is 18.3. The molecule has 1 aliphatic rings. The summed E-state index contributed by atoms with van der Waals surface area (Å²) in [5.41, 5.74) is 3.31. The molecule has 2 aromatic carbocycles. The zero-order valence-corrected chi connectivity index (χ0v) is 15.9. The number of carboxylic acids is 1. The summed E-state index contributed by atoms with van der Waals surface area (Å²) in [4.78, 5) is 25.1. The highest BCUT2D eigenvalue weighted by Gasteiger charge is 2.33. The van der Waals surface area contributed by atoms with Crippen LogP contribution in [0.15, 0.2) is 42.0 Å². The fourth-order valence-corrected chi connectivity index (χ4v) is 3.46. The van der Waals surface area contributed by atoms with Gasteiger partial charge in [-0.2, -0.15) is 0 Å². The van der Waals surface area contributed by atoms with E-state index in [9.17, 15) is 19.1 Å². The number of aryl methyl sites for hydroxylation is 2. The number of carbonyl (C=O) groups excluding carboxylic acids is 1. The van der Waals surface area contributed by atoms with E-state index >= 15 is 0 Å². The minimum absolute atomic E-state index is 0.0299. The van der Waals surface area contributed by atoms with Crippen LogP contribution in [0.25, 0.3) is 6.08 Å². The topological polar surface area (TPSA) is 57.6 Å². The first-order chi connectivity index (χ1) is 12.3. The maximum Gasteiger partial charge on any atom is 0.333 e. The van der Waals surface area contributed by atoms with Gasteiger partial charge in [-0.15, -0.1) is 0 Å². The van der Waals surface area contributed by atoms with Crippen LogP contribution in [0, 0.1) is 19.7 Å². The van der Waals surface area contributed by atoms with Gasteiger partial charge in [0.25, 0.3) is 0 Å². The number of hydrogen-bond acceptors (Lipinski definition) is 2. The van der Waals surface area contributed by atoms with E-state index in [2.05, 4.69) is 15.9 Å². The Morgan fingerprint density at radius 3 is 2.62 bits per heavy atom. The average Bonchev–Trinajstić information content (AvgIpc) is 2.69. The molecule has 0 aliphatic carbocycles. The molecule has 3 rings (SSSR count). The molecule has 1 atom stereocenters. The van der Waals surface area contributed by atoms with Gasteiger partial charge in [0.1, 0.15) is 10.6 Å². The van der Waals surface area contributed by atoms with Crippen molar-refractivity contribution in [3.05, 3.63) is 70.0 Å². The predicted molar refractivity (Wildman–Crippen MR) is 102 cm³/mol. The maximum absolute atomic E-state index is 13.9. The van der Waals surface area contributed by atoms with Crippen LogP contribution in [-0.4, -0.2) is 21.8 Å². The van der Waals surface area contributed by atoms with Crippen molar-refractivity contribution in [3.63, 3.8) is 0 Å². The molecule has 0 aromatic heterocycles. The lowest BCUT2D eigenvalue weighted by atomic mass is 10.1. The van der Waals surface area contributed by atoms with Gasteiger partial charge in [-0.05, 0) is 54.3 Å². The maximum atomic E-state index is 13.9. The minimum Gasteiger partial charge on any atom is -0.478 e. The molecule has 1 amide bonds. The Morgan fingerprint density at radius 1 is 1.23 bits per heavy atom. The number of nitrogens with zero attached hydrogens (tertiary/aromatic N) is 1. The van der Waals surface area contributed by atoms with E-state index in [0.717, 1.165) is 5.56 Å². The van der Waals surface area contributed by atoms with Gasteiger partial charge in [0.2, 0.25) is 5.91 Å². The van der Waals surface area contributed by atoms with E-state index in [1.54, 1.807) is 25.1 Å². The second kappa shape index (κ2) is 7.03. The molecule has 0 saturated heterocycles. The number of benzene rings is 2. The quantitative estimate of drug-likeness (QED) is 0.760. The standard InChI is InChI=1S/C20H17BrFNO3/c1-11-3-6-14-9-15(20(25)26)18(21)19(24)23(17(14)7-11)10-13-5-4-12(2)16(22)8-13/h3-9,18H,10H2,1-2H3,(H,25,26). The van der Waals surface area contributed by atoms with Crippen LogP contribution >= 0.6 is 15.9 Å². The summed E-state index contributed by atoms with van der Waals surface area (Å²) >= 11 is 3.21. The summed E-state index contributed by atoms with van der Waals surface area (Å²) in [5, 5.41) is 9.46. The van der Waals surface area contributed by atoms with Crippen molar-refractivity contribution < 1.29 is 19.1 Å². The summed E-state index contributed by atoms with van der Waals surface area (Å²) in [5.74, 6) is -1.90. The van der Waals surface area contributed by atoms with Gasteiger partial charge < -0.3 is 10.0 Å². The molecule has 1 heterocycles. The number of anilines is 1. The molecular formula is C20H17BrFNO3. The lowest BCUT2D eigenvalue weighted by molar-refractivity contribution is -0.133. The highest BCUT2D eigenvalue weighted by atomic mass is 79.9. The van der Waals surface area contributed by atoms with Crippen molar-refractivity contribution in [2.45, 2.75) is 25.2 Å². The molecule has 1 N–H and O–H groups in total. The van der Waals surface area contributed by atoms with Crippen LogP contribution in [0.1, 0.15) is 22.3 Å². The summed E-state index contributed by atoms with van der Waals surface area (Å²) in [6.45, 7) is 3.72. The van der Waals surface area contributed by atoms with E-state index in [1.165, 1.54) is 17.0 Å². The number of alkyl halides is 1. The molecule has 0 bridgehead atoms. The fourth-order valence-electron chi connectivity index (χ4n) is 2.89. The third-order valence-electron chi connectivity index (χ3n) is 4.37. The summed E-state index contributed by atoms with van der Waals surface area (Å²) in [6.07, 6.45) is 1.50. The van der Waals surface area contributed by atoms with Crippen molar-refractivity contribution in [1.82, 2.24) is 0 Å². The van der Waals surface area contributed by atoms with Crippen LogP contribution in [0.5, 0.6) is 0 Å². The lowest BCUT2D eigenvalue weighted by Gasteiger charge is -2.25. The third kappa shape index (κ3) is 3.42. The number of carboxylic acid groups (broad SMARTS) is 1. The van der Waals surface area contributed by atoms with Crippen LogP contribution in [0.2, 0.25) is 0 Å². The monoisotopic (exact) mass is 417 g/mol. The second-order valence-corrected chi connectivity index (χ2v) is 7.25. The molecule has 0 radical (unpaired) electrons. The number of fused-ring (bicyclic) bond motifs is 1. The molecule has 1 unspecified atom stereocenters. The minimum atomic E-state index is -1.16. The zero-order valence-electron chi connectivity index (χ0n) is 14.3. The Balaban J connectivity index is 2.10. The zero-order chi connectivity index (χ0) is 19.0. The number of halogens is 2. The SMILES string of the molecule is Cc1ccc2c(c1)N(Cc1ccc(C)c(F)c1)C(=O)C(Br)C(C(=O)O)=C2. The molecule has 1 aliphatic heterocycles. The van der Waals surface area contributed by atoms with Gasteiger partial charge >= 0.3 is 5.97 Å². The number of aliphatic carboxylic acids is 1. The van der Waals surface area contributed by atoms with Crippen LogP contribution in [0.3, 0.4) is 0 Å². The number of rotatable bonds is 3. The third-order valence-corrected chi connectivity index (χ3v) is 5.25. The molecule has 0 fully saturated rings. The van der Waals surface area contributed by atoms with Gasteiger partial charge in [0.15, 0.2) is 0 Å². The molecule has 4 nitrogen and oxygen atoms in total.